The molecule has 2 rings (SSSR count). The average molecular weight is 367 g/mol. The summed E-state index contributed by atoms with van der Waals surface area (Å²) >= 11 is 0. The summed E-state index contributed by atoms with van der Waals surface area (Å²) in [4.78, 5) is 23.8. The second-order valence-electron chi connectivity index (χ2n) is 5.66. The lowest BCUT2D eigenvalue weighted by Gasteiger charge is -2.05. The Hall–Kier alpha value is -3.33. The summed E-state index contributed by atoms with van der Waals surface area (Å²) in [7, 11) is 0. The number of furan rings is 1. The van der Waals surface area contributed by atoms with Gasteiger partial charge in [-0.05, 0) is 37.6 Å². The molecule has 140 valence electrons. The predicted octanol–water partition coefficient (Wildman–Crippen LogP) is 4.37. The van der Waals surface area contributed by atoms with Crippen LogP contribution in [0.2, 0.25) is 0 Å². The Labute approximate surface area is 158 Å². The van der Waals surface area contributed by atoms with Gasteiger partial charge in [0.2, 0.25) is 0 Å². The third-order valence-corrected chi connectivity index (χ3v) is 3.64. The molecule has 2 aromatic rings. The maximum Gasteiger partial charge on any atom is 0.349 e. The van der Waals surface area contributed by atoms with Crippen LogP contribution in [0, 0.1) is 11.3 Å². The number of carbonyl (C=O) groups excluding carboxylic acids is 2. The van der Waals surface area contributed by atoms with Gasteiger partial charge in [-0.1, -0.05) is 25.5 Å². The summed E-state index contributed by atoms with van der Waals surface area (Å²) in [6.07, 6.45) is 3.10. The average Bonchev–Trinajstić information content (AvgIpc) is 3.15. The highest BCUT2D eigenvalue weighted by atomic mass is 16.5. The first-order valence-corrected chi connectivity index (χ1v) is 8.75. The number of ether oxygens (including phenoxy) is 2. The van der Waals surface area contributed by atoms with E-state index in [1.165, 1.54) is 6.08 Å². The van der Waals surface area contributed by atoms with E-state index >= 15 is 0 Å². The van der Waals surface area contributed by atoms with Crippen molar-refractivity contribution in [2.45, 2.75) is 26.7 Å². The molecule has 0 N–H and O–H groups in total. The third-order valence-electron chi connectivity index (χ3n) is 3.64. The lowest BCUT2D eigenvalue weighted by atomic mass is 10.1. The summed E-state index contributed by atoms with van der Waals surface area (Å²) in [6.45, 7) is 4.26. The van der Waals surface area contributed by atoms with E-state index in [4.69, 9.17) is 19.2 Å². The molecule has 0 radical (unpaired) electrons. The fourth-order valence-corrected chi connectivity index (χ4v) is 2.27. The van der Waals surface area contributed by atoms with Crippen LogP contribution >= 0.6 is 0 Å². The highest BCUT2D eigenvalue weighted by molar-refractivity contribution is 5.97. The molecule has 0 aliphatic carbocycles. The maximum atomic E-state index is 12.1. The van der Waals surface area contributed by atoms with Crippen LogP contribution in [0.4, 0.5) is 0 Å². The minimum absolute atomic E-state index is 0.147. The van der Waals surface area contributed by atoms with Crippen molar-refractivity contribution in [3.8, 4) is 17.4 Å². The van der Waals surface area contributed by atoms with Crippen LogP contribution < -0.4 is 0 Å². The van der Waals surface area contributed by atoms with E-state index in [0.29, 0.717) is 29.3 Å². The van der Waals surface area contributed by atoms with Gasteiger partial charge in [0, 0.05) is 11.6 Å². The number of unbranched alkanes of at least 4 members (excludes halogenated alkanes) is 1. The molecule has 0 aliphatic rings. The fraction of sp³-hybridized carbons (Fsp3) is 0.286. The molecule has 0 fully saturated rings. The molecule has 6 heteroatoms. The zero-order chi connectivity index (χ0) is 19.6. The van der Waals surface area contributed by atoms with Crippen LogP contribution in [0.25, 0.3) is 17.4 Å². The van der Waals surface area contributed by atoms with Crippen LogP contribution in [0.3, 0.4) is 0 Å². The highest BCUT2D eigenvalue weighted by Crippen LogP contribution is 2.24. The number of carbonyl (C=O) groups is 2. The second-order valence-corrected chi connectivity index (χ2v) is 5.66. The van der Waals surface area contributed by atoms with Crippen LogP contribution in [-0.4, -0.2) is 25.2 Å². The number of nitrogens with zero attached hydrogens (tertiary/aromatic N) is 1. The van der Waals surface area contributed by atoms with E-state index in [0.717, 1.165) is 12.8 Å². The molecule has 0 amide bonds. The number of hydrogen-bond donors (Lipinski definition) is 0. The van der Waals surface area contributed by atoms with Crippen molar-refractivity contribution in [1.29, 1.82) is 5.26 Å². The van der Waals surface area contributed by atoms with E-state index in [9.17, 15) is 9.59 Å². The van der Waals surface area contributed by atoms with Gasteiger partial charge in [-0.15, -0.1) is 0 Å². The van der Waals surface area contributed by atoms with Crippen molar-refractivity contribution in [2.75, 3.05) is 13.2 Å². The van der Waals surface area contributed by atoms with Gasteiger partial charge in [-0.3, -0.25) is 0 Å². The SMILES string of the molecule is CCCCOC(=O)c1cccc(-c2ccc(/C=C(\C#N)C(=O)OCC)o2)c1. The van der Waals surface area contributed by atoms with Gasteiger partial charge in [0.15, 0.2) is 0 Å². The van der Waals surface area contributed by atoms with Crippen LogP contribution in [0.15, 0.2) is 46.4 Å². The first kappa shape index (κ1) is 20.0. The molecule has 27 heavy (non-hydrogen) atoms. The second kappa shape index (κ2) is 9.97. The molecule has 1 heterocycles. The number of benzene rings is 1. The normalized spacial score (nSPS) is 10.9. The fourth-order valence-electron chi connectivity index (χ4n) is 2.27. The molecule has 1 aromatic heterocycles. The van der Waals surface area contributed by atoms with Crippen molar-refractivity contribution >= 4 is 18.0 Å². The first-order chi connectivity index (χ1) is 13.1. The molecule has 0 aliphatic heterocycles. The molecular formula is C21H21NO5. The van der Waals surface area contributed by atoms with Crippen LogP contribution in [0.1, 0.15) is 42.8 Å². The molecule has 0 bridgehead atoms. The van der Waals surface area contributed by atoms with Crippen LogP contribution in [0.5, 0.6) is 0 Å². The molecule has 0 saturated heterocycles. The lowest BCUT2D eigenvalue weighted by Crippen LogP contribution is -2.06. The monoisotopic (exact) mass is 367 g/mol. The molecule has 0 saturated carbocycles. The molecular weight excluding hydrogens is 346 g/mol. The standard InChI is InChI=1S/C21H21NO5/c1-3-5-11-26-20(23)16-8-6-7-15(12-16)19-10-9-18(27-19)13-17(14-22)21(24)25-4-2/h6-10,12-13H,3-5,11H2,1-2H3/b17-13+. The van der Waals surface area contributed by atoms with Gasteiger partial charge in [0.1, 0.15) is 23.2 Å². The first-order valence-electron chi connectivity index (χ1n) is 8.75. The summed E-state index contributed by atoms with van der Waals surface area (Å²) in [5, 5.41) is 9.08. The third kappa shape index (κ3) is 5.58. The number of hydrogen-bond acceptors (Lipinski definition) is 6. The largest absolute Gasteiger partial charge is 0.462 e. The quantitative estimate of drug-likeness (QED) is 0.298. The Morgan fingerprint density at radius 1 is 1.19 bits per heavy atom. The Kier molecular flexibility index (Phi) is 7.38. The molecule has 0 spiro atoms. The minimum Gasteiger partial charge on any atom is -0.462 e. The van der Waals surface area contributed by atoms with E-state index in [1.54, 1.807) is 49.4 Å². The number of rotatable bonds is 8. The van der Waals surface area contributed by atoms with Gasteiger partial charge in [-0.25, -0.2) is 9.59 Å². The molecule has 0 atom stereocenters. The summed E-state index contributed by atoms with van der Waals surface area (Å²) in [5.41, 5.74) is 0.974. The maximum absolute atomic E-state index is 12.1. The van der Waals surface area contributed by atoms with Gasteiger partial charge in [0.05, 0.1) is 18.8 Å². The van der Waals surface area contributed by atoms with E-state index < -0.39 is 5.97 Å². The van der Waals surface area contributed by atoms with Crippen LogP contribution in [-0.2, 0) is 14.3 Å². The lowest BCUT2D eigenvalue weighted by molar-refractivity contribution is -0.137. The van der Waals surface area contributed by atoms with Gasteiger partial charge < -0.3 is 13.9 Å². The number of esters is 2. The van der Waals surface area contributed by atoms with E-state index in [1.807, 2.05) is 6.92 Å². The number of nitriles is 1. The Morgan fingerprint density at radius 3 is 2.70 bits per heavy atom. The highest BCUT2D eigenvalue weighted by Gasteiger charge is 2.13. The minimum atomic E-state index is -0.699. The zero-order valence-corrected chi connectivity index (χ0v) is 15.4. The Bertz CT molecular complexity index is 873. The Balaban J connectivity index is 2.19. The zero-order valence-electron chi connectivity index (χ0n) is 15.4. The van der Waals surface area contributed by atoms with Gasteiger partial charge >= 0.3 is 11.9 Å². The van der Waals surface area contributed by atoms with Crippen molar-refractivity contribution in [3.63, 3.8) is 0 Å². The molecule has 0 unspecified atom stereocenters. The predicted molar refractivity (Wildman–Crippen MR) is 99.6 cm³/mol. The van der Waals surface area contributed by atoms with Crippen molar-refractivity contribution in [3.05, 3.63) is 53.3 Å². The van der Waals surface area contributed by atoms with Crippen molar-refractivity contribution < 1.29 is 23.5 Å². The Morgan fingerprint density at radius 2 is 2.00 bits per heavy atom. The van der Waals surface area contributed by atoms with Crippen molar-refractivity contribution in [1.82, 2.24) is 0 Å². The molecule has 6 nitrogen and oxygen atoms in total. The summed E-state index contributed by atoms with van der Waals surface area (Å²) < 4.78 is 15.7. The molecule has 1 aromatic carbocycles. The van der Waals surface area contributed by atoms with Gasteiger partial charge in [-0.2, -0.15) is 5.26 Å². The van der Waals surface area contributed by atoms with E-state index in [-0.39, 0.29) is 18.1 Å². The summed E-state index contributed by atoms with van der Waals surface area (Å²) in [5.74, 6) is -0.239. The van der Waals surface area contributed by atoms with E-state index in [2.05, 4.69) is 0 Å². The van der Waals surface area contributed by atoms with Crippen molar-refractivity contribution in [2.24, 2.45) is 0 Å². The summed E-state index contributed by atoms with van der Waals surface area (Å²) in [6, 6.07) is 12.0. The topological polar surface area (TPSA) is 89.5 Å². The van der Waals surface area contributed by atoms with Gasteiger partial charge in [0.25, 0.3) is 0 Å². The smallest absolute Gasteiger partial charge is 0.349 e.